The molecule has 2 rings (SSSR count). The van der Waals surface area contributed by atoms with E-state index in [1.165, 1.54) is 6.07 Å². The molecule has 0 saturated carbocycles. The summed E-state index contributed by atoms with van der Waals surface area (Å²) in [5.41, 5.74) is 1.51. The number of aromatic nitrogens is 2. The highest BCUT2D eigenvalue weighted by Gasteiger charge is 2.04. The molecular formula is C11H10ClFN2. The fourth-order valence-electron chi connectivity index (χ4n) is 1.38. The molecule has 0 aliphatic heterocycles. The predicted octanol–water partition coefficient (Wildman–Crippen LogP) is 3.03. The molecule has 4 heteroatoms. The van der Waals surface area contributed by atoms with Gasteiger partial charge in [0, 0.05) is 16.8 Å². The van der Waals surface area contributed by atoms with E-state index in [1.54, 1.807) is 16.8 Å². The Morgan fingerprint density at radius 2 is 2.20 bits per heavy atom. The van der Waals surface area contributed by atoms with E-state index >= 15 is 0 Å². The zero-order valence-electron chi connectivity index (χ0n) is 8.24. The van der Waals surface area contributed by atoms with Crippen LogP contribution in [0.3, 0.4) is 0 Å². The zero-order chi connectivity index (χ0) is 10.8. The van der Waals surface area contributed by atoms with Gasteiger partial charge >= 0.3 is 0 Å². The largest absolute Gasteiger partial charge is 0.268 e. The van der Waals surface area contributed by atoms with E-state index in [2.05, 4.69) is 5.10 Å². The third kappa shape index (κ3) is 2.36. The molecule has 2 aromatic rings. The van der Waals surface area contributed by atoms with E-state index in [0.717, 1.165) is 5.69 Å². The van der Waals surface area contributed by atoms with Crippen LogP contribution in [0.4, 0.5) is 4.39 Å². The van der Waals surface area contributed by atoms with Gasteiger partial charge in [-0.15, -0.1) is 0 Å². The Kier molecular flexibility index (Phi) is 2.73. The standard InChI is InChI=1S/C11H10ClFN2/c1-8-4-5-15(14-8)7-9-2-3-10(12)6-11(9)13/h2-6H,7H2,1H3. The van der Waals surface area contributed by atoms with Crippen LogP contribution < -0.4 is 0 Å². The fourth-order valence-corrected chi connectivity index (χ4v) is 1.53. The van der Waals surface area contributed by atoms with Gasteiger partial charge in [-0.05, 0) is 25.1 Å². The highest BCUT2D eigenvalue weighted by molar-refractivity contribution is 6.30. The van der Waals surface area contributed by atoms with Gasteiger partial charge in [-0.1, -0.05) is 17.7 Å². The SMILES string of the molecule is Cc1ccn(Cc2ccc(Cl)cc2F)n1. The summed E-state index contributed by atoms with van der Waals surface area (Å²) in [7, 11) is 0. The smallest absolute Gasteiger partial charge is 0.129 e. The van der Waals surface area contributed by atoms with Gasteiger partial charge in [0.2, 0.25) is 0 Å². The summed E-state index contributed by atoms with van der Waals surface area (Å²) < 4.78 is 15.1. The molecule has 15 heavy (non-hydrogen) atoms. The van der Waals surface area contributed by atoms with E-state index in [1.807, 2.05) is 19.2 Å². The average Bonchev–Trinajstić information content (AvgIpc) is 2.56. The number of hydrogen-bond donors (Lipinski definition) is 0. The summed E-state index contributed by atoms with van der Waals surface area (Å²) >= 11 is 5.66. The summed E-state index contributed by atoms with van der Waals surface area (Å²) in [6, 6.07) is 6.55. The van der Waals surface area contributed by atoms with E-state index < -0.39 is 0 Å². The molecule has 0 N–H and O–H groups in total. The first-order chi connectivity index (χ1) is 7.15. The van der Waals surface area contributed by atoms with Crippen molar-refractivity contribution in [1.82, 2.24) is 9.78 Å². The second kappa shape index (κ2) is 4.03. The van der Waals surface area contributed by atoms with Crippen molar-refractivity contribution in [2.75, 3.05) is 0 Å². The number of benzene rings is 1. The quantitative estimate of drug-likeness (QED) is 0.767. The van der Waals surface area contributed by atoms with Crippen LogP contribution in [-0.2, 0) is 6.54 Å². The van der Waals surface area contributed by atoms with Gasteiger partial charge < -0.3 is 0 Å². The first kappa shape index (κ1) is 10.2. The van der Waals surface area contributed by atoms with E-state index in [0.29, 0.717) is 17.1 Å². The van der Waals surface area contributed by atoms with Gasteiger partial charge in [-0.25, -0.2) is 4.39 Å². The van der Waals surface area contributed by atoms with Gasteiger partial charge in [-0.3, -0.25) is 4.68 Å². The second-order valence-electron chi connectivity index (χ2n) is 3.39. The van der Waals surface area contributed by atoms with Crippen molar-refractivity contribution in [1.29, 1.82) is 0 Å². The number of nitrogens with zero attached hydrogens (tertiary/aromatic N) is 2. The third-order valence-electron chi connectivity index (χ3n) is 2.12. The lowest BCUT2D eigenvalue weighted by Crippen LogP contribution is -2.02. The van der Waals surface area contributed by atoms with Crippen molar-refractivity contribution in [3.05, 3.63) is 52.6 Å². The minimum Gasteiger partial charge on any atom is -0.268 e. The lowest BCUT2D eigenvalue weighted by Gasteiger charge is -2.03. The lowest BCUT2D eigenvalue weighted by molar-refractivity contribution is 0.584. The number of halogens is 2. The normalized spacial score (nSPS) is 10.6. The highest BCUT2D eigenvalue weighted by Crippen LogP contribution is 2.15. The zero-order valence-corrected chi connectivity index (χ0v) is 9.00. The van der Waals surface area contributed by atoms with Gasteiger partial charge in [0.15, 0.2) is 0 Å². The van der Waals surface area contributed by atoms with Gasteiger partial charge in [0.1, 0.15) is 5.82 Å². The Balaban J connectivity index is 2.24. The summed E-state index contributed by atoms with van der Waals surface area (Å²) in [6.07, 6.45) is 1.82. The Morgan fingerprint density at radius 3 is 2.80 bits per heavy atom. The number of hydrogen-bond acceptors (Lipinski definition) is 1. The first-order valence-corrected chi connectivity index (χ1v) is 4.97. The Hall–Kier alpha value is -1.35. The minimum absolute atomic E-state index is 0.296. The highest BCUT2D eigenvalue weighted by atomic mass is 35.5. The van der Waals surface area contributed by atoms with Gasteiger partial charge in [0.25, 0.3) is 0 Å². The van der Waals surface area contributed by atoms with Crippen LogP contribution in [0.5, 0.6) is 0 Å². The molecule has 0 aliphatic carbocycles. The molecule has 2 nitrogen and oxygen atoms in total. The van der Waals surface area contributed by atoms with Crippen molar-refractivity contribution in [2.24, 2.45) is 0 Å². The molecule has 0 aliphatic rings. The molecule has 0 saturated heterocycles. The van der Waals surface area contributed by atoms with Crippen LogP contribution in [0.1, 0.15) is 11.3 Å². The molecule has 0 unspecified atom stereocenters. The summed E-state index contributed by atoms with van der Waals surface area (Å²) in [6.45, 7) is 2.32. The molecule has 0 amide bonds. The number of aryl methyl sites for hydroxylation is 1. The topological polar surface area (TPSA) is 17.8 Å². The molecule has 1 aromatic carbocycles. The molecule has 0 spiro atoms. The van der Waals surface area contributed by atoms with Crippen LogP contribution in [0.15, 0.2) is 30.5 Å². The van der Waals surface area contributed by atoms with E-state index in [4.69, 9.17) is 11.6 Å². The summed E-state index contributed by atoms with van der Waals surface area (Å²) in [5, 5.41) is 4.60. The van der Waals surface area contributed by atoms with Crippen LogP contribution in [0.25, 0.3) is 0 Å². The fraction of sp³-hybridized carbons (Fsp3) is 0.182. The minimum atomic E-state index is -0.296. The summed E-state index contributed by atoms with van der Waals surface area (Å²) in [5.74, 6) is -0.296. The molecule has 0 radical (unpaired) electrons. The van der Waals surface area contributed by atoms with Crippen molar-refractivity contribution >= 4 is 11.6 Å². The van der Waals surface area contributed by atoms with Crippen molar-refractivity contribution in [3.63, 3.8) is 0 Å². The molecule has 0 bridgehead atoms. The van der Waals surface area contributed by atoms with E-state index in [-0.39, 0.29) is 5.82 Å². The van der Waals surface area contributed by atoms with E-state index in [9.17, 15) is 4.39 Å². The van der Waals surface area contributed by atoms with Crippen LogP contribution in [0.2, 0.25) is 5.02 Å². The predicted molar refractivity (Wildman–Crippen MR) is 57.5 cm³/mol. The molecule has 1 heterocycles. The Bertz CT molecular complexity index is 479. The average molecular weight is 225 g/mol. The molecule has 0 atom stereocenters. The monoisotopic (exact) mass is 224 g/mol. The molecular weight excluding hydrogens is 215 g/mol. The van der Waals surface area contributed by atoms with Crippen LogP contribution in [0, 0.1) is 12.7 Å². The second-order valence-corrected chi connectivity index (χ2v) is 3.83. The lowest BCUT2D eigenvalue weighted by atomic mass is 10.2. The molecule has 78 valence electrons. The number of rotatable bonds is 2. The van der Waals surface area contributed by atoms with Crippen LogP contribution >= 0.6 is 11.6 Å². The van der Waals surface area contributed by atoms with Crippen molar-refractivity contribution < 1.29 is 4.39 Å². The molecule has 1 aromatic heterocycles. The van der Waals surface area contributed by atoms with Crippen molar-refractivity contribution in [3.8, 4) is 0 Å². The Morgan fingerprint density at radius 1 is 1.40 bits per heavy atom. The van der Waals surface area contributed by atoms with Gasteiger partial charge in [0.05, 0.1) is 12.2 Å². The summed E-state index contributed by atoms with van der Waals surface area (Å²) in [4.78, 5) is 0. The van der Waals surface area contributed by atoms with Crippen molar-refractivity contribution in [2.45, 2.75) is 13.5 Å². The third-order valence-corrected chi connectivity index (χ3v) is 2.36. The van der Waals surface area contributed by atoms with Gasteiger partial charge in [-0.2, -0.15) is 5.10 Å². The maximum atomic E-state index is 13.4. The van der Waals surface area contributed by atoms with Crippen LogP contribution in [-0.4, -0.2) is 9.78 Å². The maximum absolute atomic E-state index is 13.4. The maximum Gasteiger partial charge on any atom is 0.129 e. The Labute approximate surface area is 92.3 Å². The molecule has 0 fully saturated rings. The first-order valence-electron chi connectivity index (χ1n) is 4.59.